The number of phenols is 1. The minimum absolute atomic E-state index is 0.0196. The third-order valence-electron chi connectivity index (χ3n) is 16.7. The van der Waals surface area contributed by atoms with E-state index in [2.05, 4.69) is 75.2 Å². The summed E-state index contributed by atoms with van der Waals surface area (Å²) in [5, 5.41) is 20.1. The van der Waals surface area contributed by atoms with Crippen LogP contribution >= 0.6 is 0 Å². The highest BCUT2D eigenvalue weighted by molar-refractivity contribution is 5.85. The maximum Gasteiger partial charge on any atom is 0.306 e. The predicted octanol–water partition coefficient (Wildman–Crippen LogP) is 16.1. The normalized spacial score (nSPS) is 26.1. The van der Waals surface area contributed by atoms with Crippen LogP contribution in [0.3, 0.4) is 0 Å². The van der Waals surface area contributed by atoms with Gasteiger partial charge in [0.15, 0.2) is 0 Å². The Morgan fingerprint density at radius 2 is 1.28 bits per heavy atom. The number of aromatic hydroxyl groups is 1. The summed E-state index contributed by atoms with van der Waals surface area (Å²) < 4.78 is 24.3. The van der Waals surface area contributed by atoms with Crippen molar-refractivity contribution in [3.63, 3.8) is 0 Å². The minimum Gasteiger partial charge on any atom is -0.508 e. The van der Waals surface area contributed by atoms with E-state index in [1.807, 2.05) is 36.4 Å². The standard InChI is InChI=1S/C59H78N2O6/c1-41(2)12-11-13-42(3)54-29-30-55-53-28-17-45-40-52(31-33-58(45,4)56(53)32-34-59(54,55)5)67-57(63)14-7-10-37-66-51-25-16-43-38-50(24-15-44(43)39-51)65-36-9-6-8-35-64-49-26-20-47(21-27-49)61-60-46-18-22-48(62)23-19-46/h15-27,38-39,41-42,52-56,62H,6-14,28-37,40H2,1-5H3/t42-,52+,53+,54-,55+,56+,58+,59-/m1/s1. The summed E-state index contributed by atoms with van der Waals surface area (Å²) in [6.07, 6.45) is 21.7. The van der Waals surface area contributed by atoms with Gasteiger partial charge in [-0.05, 0) is 207 Å². The molecule has 4 aromatic carbocycles. The fourth-order valence-electron chi connectivity index (χ4n) is 12.9. The number of esters is 1. The van der Waals surface area contributed by atoms with Gasteiger partial charge in [0, 0.05) is 12.8 Å². The summed E-state index contributed by atoms with van der Waals surface area (Å²) in [6, 6.07) is 26.5. The first-order chi connectivity index (χ1) is 32.5. The summed E-state index contributed by atoms with van der Waals surface area (Å²) in [5.74, 6) is 7.69. The zero-order valence-corrected chi connectivity index (χ0v) is 41.2. The van der Waals surface area contributed by atoms with Crippen molar-refractivity contribution in [1.82, 2.24) is 0 Å². The van der Waals surface area contributed by atoms with Crippen LogP contribution in [0.1, 0.15) is 144 Å². The zero-order chi connectivity index (χ0) is 46.8. The van der Waals surface area contributed by atoms with E-state index in [4.69, 9.17) is 18.9 Å². The number of unbranched alkanes of at least 4 members (excludes halogenated alkanes) is 3. The molecule has 0 aromatic heterocycles. The second kappa shape index (κ2) is 22.5. The molecule has 3 saturated carbocycles. The lowest BCUT2D eigenvalue weighted by Crippen LogP contribution is -2.51. The van der Waals surface area contributed by atoms with Crippen LogP contribution in [-0.4, -0.2) is 37.0 Å². The number of phenolic OH excluding ortho intramolecular Hbond substituents is 1. The Bertz CT molecular complexity index is 2290. The largest absolute Gasteiger partial charge is 0.508 e. The number of allylic oxidation sites excluding steroid dienone is 1. The Labute approximate surface area is 401 Å². The number of azo groups is 1. The molecule has 0 heterocycles. The summed E-state index contributed by atoms with van der Waals surface area (Å²) in [7, 11) is 0. The van der Waals surface area contributed by atoms with Gasteiger partial charge in [0.2, 0.25) is 0 Å². The van der Waals surface area contributed by atoms with Crippen LogP contribution in [0.15, 0.2) is 107 Å². The molecule has 0 aliphatic heterocycles. The van der Waals surface area contributed by atoms with Gasteiger partial charge in [0.1, 0.15) is 29.1 Å². The fraction of sp³-hybridized carbons (Fsp3) is 0.576. The van der Waals surface area contributed by atoms with E-state index in [9.17, 15) is 9.90 Å². The lowest BCUT2D eigenvalue weighted by atomic mass is 9.47. The van der Waals surface area contributed by atoms with Gasteiger partial charge in [-0.25, -0.2) is 0 Å². The Hall–Kier alpha value is -4.85. The molecule has 8 nitrogen and oxygen atoms in total. The quantitative estimate of drug-likeness (QED) is 0.0365. The number of rotatable bonds is 22. The molecule has 0 unspecified atom stereocenters. The number of fused-ring (bicyclic) bond motifs is 6. The molecule has 8 rings (SSSR count). The highest BCUT2D eigenvalue weighted by Gasteiger charge is 2.59. The Kier molecular flexibility index (Phi) is 16.3. The van der Waals surface area contributed by atoms with Gasteiger partial charge in [0.25, 0.3) is 0 Å². The van der Waals surface area contributed by atoms with Crippen LogP contribution < -0.4 is 14.2 Å². The van der Waals surface area contributed by atoms with Crippen LogP contribution in [-0.2, 0) is 9.53 Å². The van der Waals surface area contributed by atoms with E-state index >= 15 is 0 Å². The Morgan fingerprint density at radius 1 is 0.672 bits per heavy atom. The number of carbonyl (C=O) groups excluding carboxylic acids is 1. The molecule has 67 heavy (non-hydrogen) atoms. The first-order valence-electron chi connectivity index (χ1n) is 26.1. The molecule has 4 aliphatic rings. The first kappa shape index (κ1) is 48.6. The van der Waals surface area contributed by atoms with Crippen molar-refractivity contribution in [2.75, 3.05) is 19.8 Å². The molecule has 0 saturated heterocycles. The smallest absolute Gasteiger partial charge is 0.306 e. The maximum absolute atomic E-state index is 13.1. The molecule has 4 aliphatic carbocycles. The van der Waals surface area contributed by atoms with E-state index in [1.165, 1.54) is 51.4 Å². The molecule has 8 heteroatoms. The van der Waals surface area contributed by atoms with E-state index in [1.54, 1.807) is 29.8 Å². The number of hydrogen-bond acceptors (Lipinski definition) is 8. The van der Waals surface area contributed by atoms with Crippen molar-refractivity contribution in [2.45, 2.75) is 150 Å². The van der Waals surface area contributed by atoms with Crippen molar-refractivity contribution in [3.05, 3.63) is 96.6 Å². The highest BCUT2D eigenvalue weighted by Crippen LogP contribution is 2.67. The third-order valence-corrected chi connectivity index (χ3v) is 16.7. The van der Waals surface area contributed by atoms with E-state index < -0.39 is 0 Å². The molecule has 0 amide bonds. The molecular formula is C59H78N2O6. The number of carbonyl (C=O) groups is 1. The van der Waals surface area contributed by atoms with Gasteiger partial charge in [0.05, 0.1) is 31.2 Å². The summed E-state index contributed by atoms with van der Waals surface area (Å²) in [5.41, 5.74) is 3.79. The van der Waals surface area contributed by atoms with Gasteiger partial charge >= 0.3 is 5.97 Å². The van der Waals surface area contributed by atoms with Crippen LogP contribution in [0.5, 0.6) is 23.0 Å². The van der Waals surface area contributed by atoms with E-state index in [0.29, 0.717) is 37.3 Å². The van der Waals surface area contributed by atoms with Crippen molar-refractivity contribution < 1.29 is 28.8 Å². The molecule has 360 valence electrons. The van der Waals surface area contributed by atoms with Gasteiger partial charge in [-0.1, -0.05) is 77.7 Å². The Balaban J connectivity index is 0.687. The molecular weight excluding hydrogens is 833 g/mol. The minimum atomic E-state index is -0.0552. The molecule has 4 aromatic rings. The second-order valence-corrected chi connectivity index (χ2v) is 21.6. The fourth-order valence-corrected chi connectivity index (χ4v) is 12.9. The molecule has 0 spiro atoms. The van der Waals surface area contributed by atoms with Gasteiger partial charge in [-0.15, -0.1) is 0 Å². The van der Waals surface area contributed by atoms with Crippen LogP contribution in [0, 0.1) is 46.3 Å². The van der Waals surface area contributed by atoms with Crippen molar-refractivity contribution in [3.8, 4) is 23.0 Å². The van der Waals surface area contributed by atoms with Gasteiger partial charge < -0.3 is 24.1 Å². The SMILES string of the molecule is CC(C)CCC[C@@H](C)[C@H]1CC[C@H]2[C@@H]3CC=C4C[C@@H](OC(=O)CCCCOc5ccc6cc(OCCCCCOc7ccc(N=Nc8ccc(O)cc8)cc7)ccc6c5)CC[C@]4(C)[C@H]3CC[C@]12C. The maximum atomic E-state index is 13.1. The number of benzene rings is 4. The summed E-state index contributed by atoms with van der Waals surface area (Å²) in [6.45, 7) is 14.4. The molecule has 0 radical (unpaired) electrons. The van der Waals surface area contributed by atoms with E-state index in [0.717, 1.165) is 121 Å². The van der Waals surface area contributed by atoms with E-state index in [-0.39, 0.29) is 23.2 Å². The lowest BCUT2D eigenvalue weighted by Gasteiger charge is -2.58. The van der Waals surface area contributed by atoms with Crippen molar-refractivity contribution in [1.29, 1.82) is 0 Å². The predicted molar refractivity (Wildman–Crippen MR) is 270 cm³/mol. The average Bonchev–Trinajstić information content (AvgIpc) is 3.68. The molecule has 8 atom stereocenters. The summed E-state index contributed by atoms with van der Waals surface area (Å²) >= 11 is 0. The number of ether oxygens (including phenoxy) is 4. The number of nitrogens with zero attached hydrogens (tertiary/aromatic N) is 2. The van der Waals surface area contributed by atoms with Crippen LogP contribution in [0.2, 0.25) is 0 Å². The van der Waals surface area contributed by atoms with Gasteiger partial charge in [-0.3, -0.25) is 4.79 Å². The van der Waals surface area contributed by atoms with Crippen LogP contribution in [0.25, 0.3) is 10.8 Å². The average molecular weight is 911 g/mol. The topological polar surface area (TPSA) is 98.9 Å². The van der Waals surface area contributed by atoms with Crippen LogP contribution in [0.4, 0.5) is 11.4 Å². The van der Waals surface area contributed by atoms with Crippen molar-refractivity contribution in [2.24, 2.45) is 56.6 Å². The first-order valence-corrected chi connectivity index (χ1v) is 26.1. The zero-order valence-electron chi connectivity index (χ0n) is 41.2. The molecule has 3 fully saturated rings. The van der Waals surface area contributed by atoms with Crippen molar-refractivity contribution >= 4 is 28.1 Å². The highest BCUT2D eigenvalue weighted by atomic mass is 16.5. The molecule has 0 bridgehead atoms. The third kappa shape index (κ3) is 12.3. The van der Waals surface area contributed by atoms with Gasteiger partial charge in [-0.2, -0.15) is 10.2 Å². The monoisotopic (exact) mass is 911 g/mol. The summed E-state index contributed by atoms with van der Waals surface area (Å²) in [4.78, 5) is 13.1. The second-order valence-electron chi connectivity index (χ2n) is 21.6. The lowest BCUT2D eigenvalue weighted by molar-refractivity contribution is -0.151. The molecule has 1 N–H and O–H groups in total. The number of hydrogen-bond donors (Lipinski definition) is 1. The Morgan fingerprint density at radius 3 is 1.94 bits per heavy atom.